The van der Waals surface area contributed by atoms with E-state index in [0.29, 0.717) is 36.2 Å². The Morgan fingerprint density at radius 3 is 2.49 bits per heavy atom. The number of Topliss-reactive ketones (excluding diaryl/α,β-unsaturated/α-hetero) is 1. The number of carbonyl (C=O) groups is 4. The summed E-state index contributed by atoms with van der Waals surface area (Å²) in [5.41, 5.74) is 3.12. The van der Waals surface area contributed by atoms with Crippen molar-refractivity contribution >= 4 is 39.3 Å². The van der Waals surface area contributed by atoms with E-state index in [2.05, 4.69) is 15.9 Å². The minimum Gasteiger partial charge on any atom is -0.508 e. The number of allylic oxidation sites excluding steroid dienone is 6. The van der Waals surface area contributed by atoms with Gasteiger partial charge in [0, 0.05) is 29.7 Å². The number of ether oxygens (including phenoxy) is 1. The fourth-order valence-electron chi connectivity index (χ4n) is 6.76. The topological polar surface area (TPSA) is 121 Å². The summed E-state index contributed by atoms with van der Waals surface area (Å²) >= 11 is 3.24. The van der Waals surface area contributed by atoms with Crippen LogP contribution in [0.15, 0.2) is 75.8 Å². The molecule has 1 fully saturated rings. The van der Waals surface area contributed by atoms with Crippen LogP contribution in [0.4, 0.5) is 0 Å². The molecule has 6 rings (SSSR count). The van der Waals surface area contributed by atoms with Crippen molar-refractivity contribution in [2.45, 2.75) is 32.1 Å². The molecule has 4 aliphatic rings. The molecule has 1 aliphatic heterocycles. The molecule has 3 aliphatic carbocycles. The zero-order valence-corrected chi connectivity index (χ0v) is 23.9. The number of aromatic hydroxyl groups is 2. The van der Waals surface area contributed by atoms with Gasteiger partial charge in [-0.25, -0.2) is 0 Å². The number of carbonyl (C=O) groups excluding carboxylic acids is 4. The molecule has 1 heterocycles. The Morgan fingerprint density at radius 1 is 1.00 bits per heavy atom. The van der Waals surface area contributed by atoms with Crippen molar-refractivity contribution in [2.75, 3.05) is 13.2 Å². The number of nitrogens with zero attached hydrogens (tertiary/aromatic N) is 1. The maximum Gasteiger partial charge on any atom is 0.233 e. The van der Waals surface area contributed by atoms with E-state index in [9.17, 15) is 29.4 Å². The summed E-state index contributed by atoms with van der Waals surface area (Å²) < 4.78 is 5.78. The normalized spacial score (nSPS) is 25.5. The van der Waals surface area contributed by atoms with Crippen LogP contribution in [-0.2, 0) is 25.6 Å². The summed E-state index contributed by atoms with van der Waals surface area (Å²) in [6.07, 6.45) is 4.26. The Kier molecular flexibility index (Phi) is 6.93. The monoisotopic (exact) mass is 617 g/mol. The maximum atomic E-state index is 13.9. The van der Waals surface area contributed by atoms with Crippen LogP contribution < -0.4 is 4.74 Å². The van der Waals surface area contributed by atoms with Crippen molar-refractivity contribution < 1.29 is 34.1 Å². The molecule has 41 heavy (non-hydrogen) atoms. The number of likely N-dealkylation sites (tertiary alicyclic amines) is 1. The van der Waals surface area contributed by atoms with Gasteiger partial charge in [-0.3, -0.25) is 24.1 Å². The van der Waals surface area contributed by atoms with Gasteiger partial charge < -0.3 is 14.9 Å². The quantitative estimate of drug-likeness (QED) is 0.278. The molecule has 1 saturated heterocycles. The second-order valence-electron chi connectivity index (χ2n) is 10.8. The van der Waals surface area contributed by atoms with Crippen LogP contribution >= 0.6 is 15.9 Å². The first-order valence-corrected chi connectivity index (χ1v) is 14.5. The number of hydrogen-bond donors (Lipinski definition) is 2. The van der Waals surface area contributed by atoms with Crippen LogP contribution in [0.3, 0.4) is 0 Å². The minimum absolute atomic E-state index is 0.0376. The van der Waals surface area contributed by atoms with Gasteiger partial charge >= 0.3 is 0 Å². The van der Waals surface area contributed by atoms with Gasteiger partial charge in [-0.2, -0.15) is 0 Å². The van der Waals surface area contributed by atoms with Crippen LogP contribution in [-0.4, -0.2) is 51.6 Å². The molecule has 0 saturated carbocycles. The van der Waals surface area contributed by atoms with Crippen LogP contribution in [0.2, 0.25) is 0 Å². The lowest BCUT2D eigenvalue weighted by Gasteiger charge is -2.42. The predicted molar refractivity (Wildman–Crippen MR) is 152 cm³/mol. The van der Waals surface area contributed by atoms with Crippen LogP contribution in [0.1, 0.15) is 36.8 Å². The van der Waals surface area contributed by atoms with Crippen molar-refractivity contribution in [3.63, 3.8) is 0 Å². The van der Waals surface area contributed by atoms with Gasteiger partial charge in [0.05, 0.1) is 22.9 Å². The van der Waals surface area contributed by atoms with E-state index in [1.807, 2.05) is 6.08 Å². The number of amides is 2. The summed E-state index contributed by atoms with van der Waals surface area (Å²) in [6.45, 7) is 2.35. The van der Waals surface area contributed by atoms with Crippen molar-refractivity contribution in [3.05, 3.63) is 86.9 Å². The molecule has 0 bridgehead atoms. The Hall–Kier alpha value is -3.98. The highest BCUT2D eigenvalue weighted by molar-refractivity contribution is 9.12. The lowest BCUT2D eigenvalue weighted by molar-refractivity contribution is -0.140. The van der Waals surface area contributed by atoms with Crippen LogP contribution in [0.5, 0.6) is 17.2 Å². The fraction of sp³-hybridized carbons (Fsp3) is 0.312. The maximum absolute atomic E-state index is 13.9. The molecule has 0 spiro atoms. The number of ketones is 2. The number of fused-ring (bicyclic) bond motifs is 3. The number of phenolic OH excluding ortho intramolecular Hbond substituents is 2. The fourth-order valence-corrected chi connectivity index (χ4v) is 7.20. The third-order valence-corrected chi connectivity index (χ3v) is 9.19. The van der Waals surface area contributed by atoms with E-state index < -0.39 is 23.7 Å². The van der Waals surface area contributed by atoms with Gasteiger partial charge in [-0.1, -0.05) is 29.8 Å². The Bertz CT molecular complexity index is 1590. The molecule has 0 radical (unpaired) electrons. The molecule has 2 aromatic carbocycles. The highest BCUT2D eigenvalue weighted by atomic mass is 79.9. The largest absolute Gasteiger partial charge is 0.508 e. The number of imide groups is 1. The average Bonchev–Trinajstić information content (AvgIpc) is 3.20. The molecule has 9 heteroatoms. The molecule has 2 N–H and O–H groups in total. The summed E-state index contributed by atoms with van der Waals surface area (Å²) in [5, 5.41) is 19.9. The third-order valence-electron chi connectivity index (χ3n) is 8.60. The minimum atomic E-state index is -0.644. The van der Waals surface area contributed by atoms with Crippen molar-refractivity contribution in [1.29, 1.82) is 0 Å². The summed E-state index contributed by atoms with van der Waals surface area (Å²) in [4.78, 5) is 55.5. The lowest BCUT2D eigenvalue weighted by atomic mass is 9.59. The molecule has 8 nitrogen and oxygen atoms in total. The van der Waals surface area contributed by atoms with Gasteiger partial charge in [0.1, 0.15) is 5.75 Å². The molecule has 2 aromatic rings. The van der Waals surface area contributed by atoms with E-state index in [1.165, 1.54) is 17.0 Å². The zero-order chi connectivity index (χ0) is 29.0. The zero-order valence-electron chi connectivity index (χ0n) is 22.3. The Labute approximate surface area is 245 Å². The van der Waals surface area contributed by atoms with Gasteiger partial charge in [0.15, 0.2) is 23.1 Å². The second kappa shape index (κ2) is 10.4. The van der Waals surface area contributed by atoms with E-state index in [-0.39, 0.29) is 58.1 Å². The first-order valence-electron chi connectivity index (χ1n) is 13.7. The van der Waals surface area contributed by atoms with E-state index >= 15 is 0 Å². The molecular formula is C32H28BrNO7. The smallest absolute Gasteiger partial charge is 0.233 e. The molecule has 0 aromatic heterocycles. The standard InChI is InChI=1S/C32H28BrNO7/c1-2-41-26-13-17(5-10-24(26)36)27-19-8-9-20-28(21(19)14-22-29(27)25(37)15-23(33)30(22)38)32(40)34(31(20)39)12-11-16-3-6-18(35)7-4-16/h3-8,10,13,15,20-21,27-28,35-36H,2,9,11-12,14H2,1H3. The second-order valence-corrected chi connectivity index (χ2v) is 11.7. The van der Waals surface area contributed by atoms with Crippen molar-refractivity contribution in [2.24, 2.45) is 17.8 Å². The van der Waals surface area contributed by atoms with Crippen LogP contribution in [0, 0.1) is 17.8 Å². The lowest BCUT2D eigenvalue weighted by Crippen LogP contribution is -2.39. The Balaban J connectivity index is 1.39. The Morgan fingerprint density at radius 2 is 1.76 bits per heavy atom. The highest BCUT2D eigenvalue weighted by Gasteiger charge is 2.56. The van der Waals surface area contributed by atoms with Crippen LogP contribution in [0.25, 0.3) is 0 Å². The van der Waals surface area contributed by atoms with Gasteiger partial charge in [-0.05, 0) is 83.4 Å². The first-order chi connectivity index (χ1) is 19.7. The first kappa shape index (κ1) is 27.2. The van der Waals surface area contributed by atoms with E-state index in [0.717, 1.165) is 11.1 Å². The van der Waals surface area contributed by atoms with E-state index in [1.54, 1.807) is 43.3 Å². The third kappa shape index (κ3) is 4.52. The molecular weight excluding hydrogens is 590 g/mol. The number of halogens is 1. The van der Waals surface area contributed by atoms with Gasteiger partial charge in [-0.15, -0.1) is 0 Å². The summed E-state index contributed by atoms with van der Waals surface area (Å²) in [7, 11) is 0. The molecule has 4 unspecified atom stereocenters. The number of benzene rings is 2. The summed E-state index contributed by atoms with van der Waals surface area (Å²) in [6, 6.07) is 11.6. The van der Waals surface area contributed by atoms with Gasteiger partial charge in [0.2, 0.25) is 11.8 Å². The number of rotatable bonds is 6. The molecule has 210 valence electrons. The average molecular weight is 618 g/mol. The highest BCUT2D eigenvalue weighted by Crippen LogP contribution is 2.55. The number of hydrogen-bond acceptors (Lipinski definition) is 7. The van der Waals surface area contributed by atoms with E-state index in [4.69, 9.17) is 4.74 Å². The van der Waals surface area contributed by atoms with Crippen molar-refractivity contribution in [3.8, 4) is 17.2 Å². The molecule has 4 atom stereocenters. The SMILES string of the molecule is CCOc1cc(C2C3=CCC4C(=O)N(CCc5ccc(O)cc5)C(=O)C4C3CC3=C2C(=O)C=C(Br)C3=O)ccc1O. The van der Waals surface area contributed by atoms with Crippen molar-refractivity contribution in [1.82, 2.24) is 4.90 Å². The molecule has 2 amide bonds. The van der Waals surface area contributed by atoms with Gasteiger partial charge in [0.25, 0.3) is 0 Å². The summed E-state index contributed by atoms with van der Waals surface area (Å²) in [5.74, 6) is -2.93. The predicted octanol–water partition coefficient (Wildman–Crippen LogP) is 4.50. The number of phenols is 2.